The van der Waals surface area contributed by atoms with Crippen LogP contribution in [0.4, 0.5) is 5.69 Å². The first-order valence-electron chi connectivity index (χ1n) is 3.21. The van der Waals surface area contributed by atoms with Crippen LogP contribution in [0.15, 0.2) is 12.3 Å². The third-order valence-electron chi connectivity index (χ3n) is 1.38. The van der Waals surface area contributed by atoms with Crippen molar-refractivity contribution in [3.05, 3.63) is 23.5 Å². The number of pyridine rings is 1. The Balaban J connectivity index is 3.16. The van der Waals surface area contributed by atoms with Gasteiger partial charge in [0.05, 0.1) is 5.69 Å². The normalized spacial score (nSPS) is 9.27. The summed E-state index contributed by atoms with van der Waals surface area (Å²) in [6, 6.07) is 1.79. The van der Waals surface area contributed by atoms with E-state index in [0.717, 1.165) is 11.4 Å². The molecule has 0 unspecified atom stereocenters. The molecule has 0 fully saturated rings. The topological polar surface area (TPSA) is 74.8 Å². The minimum absolute atomic E-state index is 0.693. The van der Waals surface area contributed by atoms with E-state index in [1.54, 1.807) is 12.3 Å². The minimum atomic E-state index is 0.693. The Hall–Kier alpha value is -1.42. The lowest BCUT2D eigenvalue weighted by Crippen LogP contribution is -2.09. The molecule has 1 rings (SSSR count). The predicted octanol–water partition coefficient (Wildman–Crippen LogP) is 0.673. The van der Waals surface area contributed by atoms with Crippen LogP contribution in [0.1, 0.15) is 11.3 Å². The highest BCUT2D eigenvalue weighted by atomic mass is 15.2. The van der Waals surface area contributed by atoms with Crippen LogP contribution >= 0.6 is 0 Å². The van der Waals surface area contributed by atoms with Crippen LogP contribution < -0.4 is 11.3 Å². The second-order valence-electron chi connectivity index (χ2n) is 2.20. The van der Waals surface area contributed by atoms with Crippen LogP contribution in [0, 0.1) is 12.3 Å². The van der Waals surface area contributed by atoms with Crippen LogP contribution in [0.5, 0.6) is 0 Å². The van der Waals surface area contributed by atoms with E-state index in [4.69, 9.17) is 11.3 Å². The van der Waals surface area contributed by atoms with Crippen molar-refractivity contribution in [3.63, 3.8) is 0 Å². The summed E-state index contributed by atoms with van der Waals surface area (Å²) in [5.74, 6) is 5.21. The lowest BCUT2D eigenvalue weighted by atomic mass is 10.2. The van der Waals surface area contributed by atoms with E-state index in [2.05, 4.69) is 10.4 Å². The number of hydrogen-bond acceptors (Lipinski definition) is 4. The van der Waals surface area contributed by atoms with E-state index in [-0.39, 0.29) is 0 Å². The number of hydrazine groups is 1. The van der Waals surface area contributed by atoms with Gasteiger partial charge in [-0.05, 0) is 13.0 Å². The fourth-order valence-electron chi connectivity index (χ4n) is 0.810. The molecule has 0 aromatic carbocycles. The van der Waals surface area contributed by atoms with E-state index >= 15 is 0 Å². The van der Waals surface area contributed by atoms with Crippen molar-refractivity contribution in [1.29, 1.82) is 5.41 Å². The van der Waals surface area contributed by atoms with Crippen molar-refractivity contribution in [2.24, 2.45) is 5.84 Å². The molecule has 1 heterocycles. The van der Waals surface area contributed by atoms with Gasteiger partial charge in [-0.3, -0.25) is 10.8 Å². The second-order valence-corrected chi connectivity index (χ2v) is 2.20. The van der Waals surface area contributed by atoms with E-state index in [1.807, 2.05) is 6.92 Å². The standard InChI is InChI=1S/C7H10N4/c1-5-2-7(11-9)6(3-8)4-10-5/h2-4,8H,9H2,1H3,(H,10,11). The number of aromatic nitrogens is 1. The average Bonchev–Trinajstić information content (AvgIpc) is 2.04. The maximum Gasteiger partial charge on any atom is 0.0606 e. The quantitative estimate of drug-likeness (QED) is 0.329. The molecule has 4 N–H and O–H groups in total. The Morgan fingerprint density at radius 3 is 3.00 bits per heavy atom. The van der Waals surface area contributed by atoms with Crippen LogP contribution in [0.3, 0.4) is 0 Å². The molecule has 1 aromatic heterocycles. The number of hydrogen-bond donors (Lipinski definition) is 3. The van der Waals surface area contributed by atoms with E-state index < -0.39 is 0 Å². The lowest BCUT2D eigenvalue weighted by molar-refractivity contribution is 1.18. The number of nitrogens with zero attached hydrogens (tertiary/aromatic N) is 1. The maximum absolute atomic E-state index is 7.00. The summed E-state index contributed by atoms with van der Waals surface area (Å²) < 4.78 is 0. The van der Waals surface area contributed by atoms with E-state index in [1.165, 1.54) is 6.21 Å². The van der Waals surface area contributed by atoms with Gasteiger partial charge in [0, 0.05) is 23.7 Å². The molecule has 0 atom stereocenters. The molecule has 0 saturated heterocycles. The van der Waals surface area contributed by atoms with Gasteiger partial charge in [-0.25, -0.2) is 0 Å². The first kappa shape index (κ1) is 7.68. The van der Waals surface area contributed by atoms with Gasteiger partial charge >= 0.3 is 0 Å². The zero-order valence-electron chi connectivity index (χ0n) is 6.26. The summed E-state index contributed by atoms with van der Waals surface area (Å²) in [5.41, 5.74) is 4.80. The van der Waals surface area contributed by atoms with Crippen molar-refractivity contribution in [3.8, 4) is 0 Å². The molecule has 1 aromatic rings. The van der Waals surface area contributed by atoms with Gasteiger partial charge in [0.15, 0.2) is 0 Å². The molecule has 0 aliphatic carbocycles. The fourth-order valence-corrected chi connectivity index (χ4v) is 0.810. The highest BCUT2D eigenvalue weighted by Gasteiger charge is 1.97. The largest absolute Gasteiger partial charge is 0.323 e. The van der Waals surface area contributed by atoms with Gasteiger partial charge in [-0.1, -0.05) is 0 Å². The summed E-state index contributed by atoms with van der Waals surface area (Å²) in [4.78, 5) is 4.01. The summed E-state index contributed by atoms with van der Waals surface area (Å²) >= 11 is 0. The van der Waals surface area contributed by atoms with Crippen molar-refractivity contribution in [1.82, 2.24) is 4.98 Å². The van der Waals surface area contributed by atoms with Gasteiger partial charge < -0.3 is 10.8 Å². The van der Waals surface area contributed by atoms with Crippen molar-refractivity contribution in [2.75, 3.05) is 5.43 Å². The Kier molecular flexibility index (Phi) is 2.18. The van der Waals surface area contributed by atoms with Gasteiger partial charge in [-0.15, -0.1) is 0 Å². The second kappa shape index (κ2) is 3.12. The Labute approximate surface area is 64.9 Å². The van der Waals surface area contributed by atoms with Crippen LogP contribution in [0.2, 0.25) is 0 Å². The zero-order valence-corrected chi connectivity index (χ0v) is 6.26. The summed E-state index contributed by atoms with van der Waals surface area (Å²) in [5, 5.41) is 7.00. The van der Waals surface area contributed by atoms with Crippen molar-refractivity contribution in [2.45, 2.75) is 6.92 Å². The van der Waals surface area contributed by atoms with E-state index in [0.29, 0.717) is 5.56 Å². The molecular weight excluding hydrogens is 140 g/mol. The Morgan fingerprint density at radius 2 is 2.45 bits per heavy atom. The molecule has 4 heteroatoms. The van der Waals surface area contributed by atoms with Gasteiger partial charge in [0.25, 0.3) is 0 Å². The third kappa shape index (κ3) is 1.53. The highest BCUT2D eigenvalue weighted by Crippen LogP contribution is 2.11. The lowest BCUT2D eigenvalue weighted by Gasteiger charge is -2.03. The van der Waals surface area contributed by atoms with Gasteiger partial charge in [-0.2, -0.15) is 0 Å². The average molecular weight is 150 g/mol. The molecular formula is C7H10N4. The van der Waals surface area contributed by atoms with Crippen LogP contribution in [-0.2, 0) is 0 Å². The van der Waals surface area contributed by atoms with Gasteiger partial charge in [0.1, 0.15) is 0 Å². The molecule has 0 amide bonds. The SMILES string of the molecule is Cc1cc(NN)c(C=N)cn1. The number of nitrogens with one attached hydrogen (secondary N) is 2. The molecule has 4 nitrogen and oxygen atoms in total. The van der Waals surface area contributed by atoms with Crippen molar-refractivity contribution >= 4 is 11.9 Å². The fraction of sp³-hybridized carbons (Fsp3) is 0.143. The molecule has 58 valence electrons. The van der Waals surface area contributed by atoms with Crippen LogP contribution in [-0.4, -0.2) is 11.2 Å². The van der Waals surface area contributed by atoms with Crippen LogP contribution in [0.25, 0.3) is 0 Å². The number of aryl methyl sites for hydroxylation is 1. The zero-order chi connectivity index (χ0) is 8.27. The van der Waals surface area contributed by atoms with Crippen molar-refractivity contribution < 1.29 is 0 Å². The Morgan fingerprint density at radius 1 is 1.73 bits per heavy atom. The maximum atomic E-state index is 7.00. The molecule has 0 aliphatic rings. The molecule has 0 saturated carbocycles. The number of nitrogens with two attached hydrogens (primary N) is 1. The summed E-state index contributed by atoms with van der Waals surface area (Å²) in [6.07, 6.45) is 2.82. The first-order valence-corrected chi connectivity index (χ1v) is 3.21. The summed E-state index contributed by atoms with van der Waals surface area (Å²) in [7, 11) is 0. The molecule has 11 heavy (non-hydrogen) atoms. The number of anilines is 1. The highest BCUT2D eigenvalue weighted by molar-refractivity contribution is 5.85. The predicted molar refractivity (Wildman–Crippen MR) is 44.7 cm³/mol. The monoisotopic (exact) mass is 150 g/mol. The minimum Gasteiger partial charge on any atom is -0.323 e. The first-order chi connectivity index (χ1) is 5.27. The molecule has 0 spiro atoms. The third-order valence-corrected chi connectivity index (χ3v) is 1.38. The molecule has 0 radical (unpaired) electrons. The number of nitrogen functional groups attached to an aromatic ring is 1. The molecule has 0 bridgehead atoms. The van der Waals surface area contributed by atoms with E-state index in [9.17, 15) is 0 Å². The number of rotatable bonds is 2. The molecule has 0 aliphatic heterocycles. The smallest absolute Gasteiger partial charge is 0.0606 e. The van der Waals surface area contributed by atoms with Gasteiger partial charge in [0.2, 0.25) is 0 Å². The Bertz CT molecular complexity index is 269. The summed E-state index contributed by atoms with van der Waals surface area (Å²) in [6.45, 7) is 1.87.